The number of amides is 1. The van der Waals surface area contributed by atoms with E-state index in [1.54, 1.807) is 0 Å². The Labute approximate surface area is 144 Å². The summed E-state index contributed by atoms with van der Waals surface area (Å²) in [4.78, 5) is 17.2. The van der Waals surface area contributed by atoms with Crippen LogP contribution in [0.2, 0.25) is 0 Å². The van der Waals surface area contributed by atoms with Crippen LogP contribution in [0.4, 0.5) is 0 Å². The number of rotatable bonds is 3. The Balaban J connectivity index is 1.38. The molecule has 0 aliphatic carbocycles. The molecule has 4 rings (SSSR count). The smallest absolute Gasteiger partial charge is 0.225 e. The third-order valence-corrected chi connectivity index (χ3v) is 5.81. The number of carbonyl (C=O) groups excluding carboxylic acids is 1. The zero-order chi connectivity index (χ0) is 16.4. The molecule has 0 atom stereocenters. The van der Waals surface area contributed by atoms with Crippen LogP contribution >= 0.6 is 0 Å². The first-order valence-corrected chi connectivity index (χ1v) is 9.17. The zero-order valence-corrected chi connectivity index (χ0v) is 14.3. The van der Waals surface area contributed by atoms with Crippen molar-refractivity contribution in [2.45, 2.75) is 24.8 Å². The molecule has 5 nitrogen and oxygen atoms in total. The predicted octanol–water partition coefficient (Wildman–Crippen LogP) is 0.982. The standard InChI is InChI=1S/C19H27N3O2/c23-18-15-16-3-1-2-4-17(16)19(20-18)5-7-21(8-6-19)9-10-22-11-13-24-14-12-22/h1-4H,5-15H2,(H,20,23). The average molecular weight is 329 g/mol. The van der Waals surface area contributed by atoms with Crippen LogP contribution < -0.4 is 5.32 Å². The van der Waals surface area contributed by atoms with Gasteiger partial charge in [-0.15, -0.1) is 0 Å². The summed E-state index contributed by atoms with van der Waals surface area (Å²) in [5.74, 6) is 0.176. The van der Waals surface area contributed by atoms with E-state index >= 15 is 0 Å². The van der Waals surface area contributed by atoms with E-state index < -0.39 is 0 Å². The Bertz CT molecular complexity index is 590. The monoisotopic (exact) mass is 329 g/mol. The van der Waals surface area contributed by atoms with Crippen LogP contribution in [0.15, 0.2) is 24.3 Å². The van der Waals surface area contributed by atoms with E-state index in [0.717, 1.165) is 65.3 Å². The lowest BCUT2D eigenvalue weighted by Crippen LogP contribution is -2.56. The Hall–Kier alpha value is -1.43. The molecule has 1 aromatic carbocycles. The summed E-state index contributed by atoms with van der Waals surface area (Å²) < 4.78 is 5.41. The molecule has 0 aromatic heterocycles. The molecule has 0 bridgehead atoms. The van der Waals surface area contributed by atoms with Crippen molar-refractivity contribution >= 4 is 5.91 Å². The van der Waals surface area contributed by atoms with Crippen LogP contribution in [0, 0.1) is 0 Å². The van der Waals surface area contributed by atoms with Crippen molar-refractivity contribution in [2.75, 3.05) is 52.5 Å². The number of fused-ring (bicyclic) bond motifs is 2. The van der Waals surface area contributed by atoms with Gasteiger partial charge in [0.05, 0.1) is 25.2 Å². The van der Waals surface area contributed by atoms with Crippen LogP contribution in [0.5, 0.6) is 0 Å². The first-order chi connectivity index (χ1) is 11.8. The van der Waals surface area contributed by atoms with Crippen molar-refractivity contribution in [1.82, 2.24) is 15.1 Å². The number of nitrogens with one attached hydrogen (secondary N) is 1. The second-order valence-corrected chi connectivity index (χ2v) is 7.26. The Morgan fingerprint density at radius 2 is 1.67 bits per heavy atom. The maximum absolute atomic E-state index is 12.2. The molecule has 2 fully saturated rings. The zero-order valence-electron chi connectivity index (χ0n) is 14.3. The number of hydrogen-bond donors (Lipinski definition) is 1. The Kier molecular flexibility index (Phi) is 4.57. The predicted molar refractivity (Wildman–Crippen MR) is 92.9 cm³/mol. The molecule has 1 aromatic rings. The molecule has 5 heteroatoms. The summed E-state index contributed by atoms with van der Waals surface area (Å²) >= 11 is 0. The van der Waals surface area contributed by atoms with Gasteiger partial charge in [-0.3, -0.25) is 9.69 Å². The summed E-state index contributed by atoms with van der Waals surface area (Å²) in [6, 6.07) is 8.46. The first kappa shape index (κ1) is 16.1. The van der Waals surface area contributed by atoms with Gasteiger partial charge in [-0.05, 0) is 24.0 Å². The molecule has 1 N–H and O–H groups in total. The highest BCUT2D eigenvalue weighted by Gasteiger charge is 2.41. The second-order valence-electron chi connectivity index (χ2n) is 7.26. The summed E-state index contributed by atoms with van der Waals surface area (Å²) in [6.07, 6.45) is 2.55. The minimum Gasteiger partial charge on any atom is -0.379 e. The molecule has 1 spiro atoms. The molecular formula is C19H27N3O2. The quantitative estimate of drug-likeness (QED) is 0.898. The topological polar surface area (TPSA) is 44.8 Å². The van der Waals surface area contributed by atoms with Crippen molar-refractivity contribution in [1.29, 1.82) is 0 Å². The third-order valence-electron chi connectivity index (χ3n) is 5.81. The van der Waals surface area contributed by atoms with E-state index in [4.69, 9.17) is 4.74 Å². The van der Waals surface area contributed by atoms with Gasteiger partial charge in [-0.25, -0.2) is 0 Å². The number of hydrogen-bond acceptors (Lipinski definition) is 4. The Morgan fingerprint density at radius 1 is 1.00 bits per heavy atom. The molecule has 0 saturated carbocycles. The number of benzene rings is 1. The summed E-state index contributed by atoms with van der Waals surface area (Å²) in [6.45, 7) is 8.20. The molecule has 24 heavy (non-hydrogen) atoms. The van der Waals surface area contributed by atoms with Crippen molar-refractivity contribution in [3.63, 3.8) is 0 Å². The fourth-order valence-electron chi connectivity index (χ4n) is 4.35. The average Bonchev–Trinajstić information content (AvgIpc) is 2.62. The molecule has 1 amide bonds. The van der Waals surface area contributed by atoms with E-state index in [0.29, 0.717) is 6.42 Å². The summed E-state index contributed by atoms with van der Waals surface area (Å²) in [5, 5.41) is 3.32. The second kappa shape index (κ2) is 6.82. The minimum atomic E-state index is -0.138. The number of carbonyl (C=O) groups is 1. The highest BCUT2D eigenvalue weighted by Crippen LogP contribution is 2.37. The largest absolute Gasteiger partial charge is 0.379 e. The van der Waals surface area contributed by atoms with Crippen LogP contribution in [-0.2, 0) is 21.5 Å². The molecule has 2 saturated heterocycles. The maximum Gasteiger partial charge on any atom is 0.225 e. The van der Waals surface area contributed by atoms with Gasteiger partial charge < -0.3 is 15.0 Å². The van der Waals surface area contributed by atoms with Gasteiger partial charge in [-0.1, -0.05) is 24.3 Å². The lowest BCUT2D eigenvalue weighted by Gasteiger charge is -2.46. The lowest BCUT2D eigenvalue weighted by molar-refractivity contribution is -0.124. The van der Waals surface area contributed by atoms with Crippen LogP contribution in [0.25, 0.3) is 0 Å². The Morgan fingerprint density at radius 3 is 2.42 bits per heavy atom. The lowest BCUT2D eigenvalue weighted by atomic mass is 9.75. The molecule has 3 aliphatic rings. The van der Waals surface area contributed by atoms with Crippen molar-refractivity contribution in [3.05, 3.63) is 35.4 Å². The van der Waals surface area contributed by atoms with E-state index in [1.165, 1.54) is 11.1 Å². The third kappa shape index (κ3) is 3.21. The highest BCUT2D eigenvalue weighted by atomic mass is 16.5. The maximum atomic E-state index is 12.2. The van der Waals surface area contributed by atoms with Crippen molar-refractivity contribution in [3.8, 4) is 0 Å². The number of ether oxygens (including phenoxy) is 1. The minimum absolute atomic E-state index is 0.138. The van der Waals surface area contributed by atoms with Crippen LogP contribution in [0.1, 0.15) is 24.0 Å². The molecular weight excluding hydrogens is 302 g/mol. The number of nitrogens with zero attached hydrogens (tertiary/aromatic N) is 2. The normalized spacial score (nSPS) is 24.6. The first-order valence-electron chi connectivity index (χ1n) is 9.17. The fourth-order valence-corrected chi connectivity index (χ4v) is 4.35. The van der Waals surface area contributed by atoms with E-state index in [1.807, 2.05) is 6.07 Å². The van der Waals surface area contributed by atoms with Gasteiger partial charge >= 0.3 is 0 Å². The van der Waals surface area contributed by atoms with Crippen molar-refractivity contribution in [2.24, 2.45) is 0 Å². The van der Waals surface area contributed by atoms with Crippen molar-refractivity contribution < 1.29 is 9.53 Å². The van der Waals surface area contributed by atoms with Crippen LogP contribution in [0.3, 0.4) is 0 Å². The molecule has 3 heterocycles. The molecule has 0 unspecified atom stereocenters. The number of morpholine rings is 1. The molecule has 0 radical (unpaired) electrons. The van der Waals surface area contributed by atoms with Gasteiger partial charge in [0.25, 0.3) is 0 Å². The highest BCUT2D eigenvalue weighted by molar-refractivity contribution is 5.82. The van der Waals surface area contributed by atoms with Gasteiger partial charge in [0.2, 0.25) is 5.91 Å². The van der Waals surface area contributed by atoms with E-state index in [-0.39, 0.29) is 11.4 Å². The summed E-state index contributed by atoms with van der Waals surface area (Å²) in [7, 11) is 0. The van der Waals surface area contributed by atoms with E-state index in [2.05, 4.69) is 33.3 Å². The molecule has 3 aliphatic heterocycles. The van der Waals surface area contributed by atoms with Crippen LogP contribution in [-0.4, -0.2) is 68.2 Å². The molecule has 130 valence electrons. The number of likely N-dealkylation sites (tertiary alicyclic amines) is 1. The van der Waals surface area contributed by atoms with Gasteiger partial charge in [0, 0.05) is 39.3 Å². The fraction of sp³-hybridized carbons (Fsp3) is 0.632. The number of piperidine rings is 1. The van der Waals surface area contributed by atoms with E-state index in [9.17, 15) is 4.79 Å². The van der Waals surface area contributed by atoms with Gasteiger partial charge in [0.1, 0.15) is 0 Å². The summed E-state index contributed by atoms with van der Waals surface area (Å²) in [5.41, 5.74) is 2.42. The van der Waals surface area contributed by atoms with Gasteiger partial charge in [-0.2, -0.15) is 0 Å². The van der Waals surface area contributed by atoms with Gasteiger partial charge in [0.15, 0.2) is 0 Å². The SMILES string of the molecule is O=C1Cc2ccccc2C2(CCN(CCN3CCOCC3)CC2)N1.